The number of aliphatic hydroxyl groups is 1. The van der Waals surface area contributed by atoms with E-state index < -0.39 is 55.0 Å². The third-order valence-corrected chi connectivity index (χ3v) is 4.98. The summed E-state index contributed by atoms with van der Waals surface area (Å²) in [7, 11) is 0. The van der Waals surface area contributed by atoms with Crippen molar-refractivity contribution in [1.29, 1.82) is 0 Å². The molecule has 35 heavy (non-hydrogen) atoms. The Balaban J connectivity index is 2.05. The molecule has 0 heterocycles. The van der Waals surface area contributed by atoms with Gasteiger partial charge in [-0.3, -0.25) is 14.4 Å². The van der Waals surface area contributed by atoms with E-state index in [2.05, 4.69) is 16.0 Å². The zero-order valence-electron chi connectivity index (χ0n) is 18.7. The number of carbonyl (C=O) groups is 4. The number of nitrogens with two attached hydrogens (primary N) is 1. The van der Waals surface area contributed by atoms with Gasteiger partial charge in [0.25, 0.3) is 0 Å². The van der Waals surface area contributed by atoms with Gasteiger partial charge in [-0.1, -0.05) is 24.3 Å². The minimum atomic E-state index is -1.52. The fourth-order valence-corrected chi connectivity index (χ4v) is 3.06. The van der Waals surface area contributed by atoms with Crippen LogP contribution in [0.2, 0.25) is 0 Å². The van der Waals surface area contributed by atoms with Crippen LogP contribution in [0.5, 0.6) is 11.5 Å². The molecule has 12 nitrogen and oxygen atoms in total. The minimum absolute atomic E-state index is 0.0137. The van der Waals surface area contributed by atoms with Gasteiger partial charge < -0.3 is 42.1 Å². The van der Waals surface area contributed by atoms with Crippen molar-refractivity contribution in [2.45, 2.75) is 31.0 Å². The van der Waals surface area contributed by atoms with Crippen LogP contribution < -0.4 is 21.7 Å². The average Bonchev–Trinajstić information content (AvgIpc) is 2.83. The fraction of sp³-hybridized carbons (Fsp3) is 0.304. The maximum atomic E-state index is 12.8. The van der Waals surface area contributed by atoms with Crippen LogP contribution in [0.25, 0.3) is 0 Å². The first-order valence-corrected chi connectivity index (χ1v) is 10.6. The Morgan fingerprint density at radius 1 is 0.771 bits per heavy atom. The average molecular weight is 488 g/mol. The summed E-state index contributed by atoms with van der Waals surface area (Å²) < 4.78 is 0. The largest absolute Gasteiger partial charge is 0.508 e. The Morgan fingerprint density at radius 2 is 1.29 bits per heavy atom. The summed E-state index contributed by atoms with van der Waals surface area (Å²) in [5, 5.41) is 43.7. The molecule has 0 fully saturated rings. The zero-order chi connectivity index (χ0) is 26.0. The number of aromatic hydroxyl groups is 2. The molecule has 2 rings (SSSR count). The molecule has 3 atom stereocenters. The molecular formula is C23H28N4O8. The van der Waals surface area contributed by atoms with E-state index in [0.717, 1.165) is 0 Å². The van der Waals surface area contributed by atoms with Gasteiger partial charge in [0.1, 0.15) is 23.6 Å². The van der Waals surface area contributed by atoms with Gasteiger partial charge in [0.05, 0.1) is 19.2 Å². The topological polar surface area (TPSA) is 211 Å². The Kier molecular flexibility index (Phi) is 9.99. The number of hydrogen-bond acceptors (Lipinski definition) is 8. The number of benzene rings is 2. The summed E-state index contributed by atoms with van der Waals surface area (Å²) in [6.45, 7) is -1.42. The highest BCUT2D eigenvalue weighted by atomic mass is 16.4. The number of amides is 3. The van der Waals surface area contributed by atoms with Crippen LogP contribution in [0.15, 0.2) is 48.5 Å². The predicted octanol–water partition coefficient (Wildman–Crippen LogP) is -1.63. The van der Waals surface area contributed by atoms with E-state index in [9.17, 15) is 29.4 Å². The van der Waals surface area contributed by atoms with Crippen molar-refractivity contribution in [3.05, 3.63) is 59.7 Å². The molecule has 0 bridgehead atoms. The highest BCUT2D eigenvalue weighted by Gasteiger charge is 2.25. The first-order valence-electron chi connectivity index (χ1n) is 10.6. The summed E-state index contributed by atoms with van der Waals surface area (Å²) in [6.07, 6.45) is 0.152. The van der Waals surface area contributed by atoms with E-state index >= 15 is 0 Å². The third kappa shape index (κ3) is 8.95. The van der Waals surface area contributed by atoms with Gasteiger partial charge in [0.15, 0.2) is 0 Å². The molecule has 188 valence electrons. The van der Waals surface area contributed by atoms with Crippen LogP contribution in [0.1, 0.15) is 11.1 Å². The predicted molar refractivity (Wildman–Crippen MR) is 123 cm³/mol. The second kappa shape index (κ2) is 12.9. The summed E-state index contributed by atoms with van der Waals surface area (Å²) in [4.78, 5) is 48.3. The Bertz CT molecular complexity index is 1030. The van der Waals surface area contributed by atoms with E-state index in [0.29, 0.717) is 11.1 Å². The number of aliphatic carboxylic acids is 1. The zero-order valence-corrected chi connectivity index (χ0v) is 18.7. The van der Waals surface area contributed by atoms with Gasteiger partial charge in [-0.15, -0.1) is 0 Å². The molecule has 3 amide bonds. The van der Waals surface area contributed by atoms with Crippen LogP contribution in [0.3, 0.4) is 0 Å². The Labute approximate surface area is 200 Å². The highest BCUT2D eigenvalue weighted by molar-refractivity contribution is 5.92. The number of aliphatic hydroxyl groups excluding tert-OH is 1. The molecule has 12 heteroatoms. The molecule has 0 saturated heterocycles. The smallest absolute Gasteiger partial charge is 0.328 e. The summed E-state index contributed by atoms with van der Waals surface area (Å²) >= 11 is 0. The lowest BCUT2D eigenvalue weighted by atomic mass is 10.0. The van der Waals surface area contributed by atoms with Crippen molar-refractivity contribution >= 4 is 23.7 Å². The van der Waals surface area contributed by atoms with Gasteiger partial charge in [0, 0.05) is 6.42 Å². The van der Waals surface area contributed by atoms with E-state index in [-0.39, 0.29) is 24.3 Å². The molecule has 0 aliphatic carbocycles. The van der Waals surface area contributed by atoms with Gasteiger partial charge in [-0.25, -0.2) is 4.79 Å². The van der Waals surface area contributed by atoms with Crippen molar-refractivity contribution in [2.24, 2.45) is 5.73 Å². The number of rotatable bonds is 12. The normalized spacial score (nSPS) is 13.2. The SMILES string of the molecule is NC(Cc1ccc(O)cc1)C(=O)NC(Cc1ccc(O)cc1)C(=O)NCC(=O)NC(CO)C(=O)O. The molecule has 0 aliphatic heterocycles. The summed E-state index contributed by atoms with van der Waals surface area (Å²) in [5.74, 6) is -3.56. The second-order valence-electron chi connectivity index (χ2n) is 7.77. The molecule has 0 aliphatic rings. The Hall–Kier alpha value is -4.16. The number of phenols is 2. The molecule has 0 saturated carbocycles. The standard InChI is InChI=1S/C23H28N4O8/c24-17(9-13-1-5-15(29)6-2-13)21(32)27-18(10-14-3-7-16(30)8-4-14)22(33)25-11-20(31)26-19(12-28)23(34)35/h1-8,17-19,28-30H,9-12,24H2,(H,25,33)(H,26,31)(H,27,32)(H,34,35). The minimum Gasteiger partial charge on any atom is -0.508 e. The van der Waals surface area contributed by atoms with E-state index in [1.54, 1.807) is 24.3 Å². The second-order valence-corrected chi connectivity index (χ2v) is 7.77. The molecule has 0 spiro atoms. The summed E-state index contributed by atoms with van der Waals surface area (Å²) in [5.41, 5.74) is 7.28. The lowest BCUT2D eigenvalue weighted by Gasteiger charge is -2.21. The first-order chi connectivity index (χ1) is 16.6. The van der Waals surface area contributed by atoms with Gasteiger partial charge in [-0.05, 0) is 41.8 Å². The van der Waals surface area contributed by atoms with Crippen molar-refractivity contribution in [3.8, 4) is 11.5 Å². The van der Waals surface area contributed by atoms with E-state index in [1.807, 2.05) is 0 Å². The molecule has 0 radical (unpaired) electrons. The van der Waals surface area contributed by atoms with Crippen LogP contribution in [0, 0.1) is 0 Å². The van der Waals surface area contributed by atoms with Crippen LogP contribution in [-0.2, 0) is 32.0 Å². The van der Waals surface area contributed by atoms with Gasteiger partial charge in [-0.2, -0.15) is 0 Å². The molecule has 2 aromatic rings. The van der Waals surface area contributed by atoms with Crippen LogP contribution in [0.4, 0.5) is 0 Å². The number of carboxylic acid groups (broad SMARTS) is 1. The lowest BCUT2D eigenvalue weighted by molar-refractivity contribution is -0.142. The Morgan fingerprint density at radius 3 is 1.77 bits per heavy atom. The van der Waals surface area contributed by atoms with Crippen molar-refractivity contribution < 1.29 is 39.6 Å². The quantitative estimate of drug-likeness (QED) is 0.172. The molecule has 0 aromatic heterocycles. The number of carbonyl (C=O) groups excluding carboxylic acids is 3. The molecular weight excluding hydrogens is 460 g/mol. The van der Waals surface area contributed by atoms with E-state index in [4.69, 9.17) is 15.9 Å². The third-order valence-electron chi connectivity index (χ3n) is 4.98. The monoisotopic (exact) mass is 488 g/mol. The fourth-order valence-electron chi connectivity index (χ4n) is 3.06. The number of phenolic OH excluding ortho intramolecular Hbond substituents is 2. The first kappa shape index (κ1) is 27.1. The maximum Gasteiger partial charge on any atom is 0.328 e. The lowest BCUT2D eigenvalue weighted by Crippen LogP contribution is -2.54. The molecule has 3 unspecified atom stereocenters. The number of nitrogens with one attached hydrogen (secondary N) is 3. The van der Waals surface area contributed by atoms with Crippen molar-refractivity contribution in [3.63, 3.8) is 0 Å². The number of hydrogen-bond donors (Lipinski definition) is 8. The van der Waals surface area contributed by atoms with Crippen molar-refractivity contribution in [1.82, 2.24) is 16.0 Å². The van der Waals surface area contributed by atoms with Gasteiger partial charge in [0.2, 0.25) is 17.7 Å². The highest BCUT2D eigenvalue weighted by Crippen LogP contribution is 2.13. The van der Waals surface area contributed by atoms with Gasteiger partial charge >= 0.3 is 5.97 Å². The van der Waals surface area contributed by atoms with Crippen LogP contribution in [-0.4, -0.2) is 75.4 Å². The molecule has 2 aromatic carbocycles. The summed E-state index contributed by atoms with van der Waals surface area (Å²) in [6, 6.07) is 8.40. The molecule has 9 N–H and O–H groups in total. The van der Waals surface area contributed by atoms with E-state index in [1.165, 1.54) is 24.3 Å². The number of carboxylic acids is 1. The maximum absolute atomic E-state index is 12.8. The van der Waals surface area contributed by atoms with Crippen LogP contribution >= 0.6 is 0 Å². The van der Waals surface area contributed by atoms with Crippen molar-refractivity contribution in [2.75, 3.05) is 13.2 Å².